The first kappa shape index (κ1) is 20.8. The van der Waals surface area contributed by atoms with Crippen LogP contribution in [-0.4, -0.2) is 40.2 Å². The second-order valence-electron chi connectivity index (χ2n) is 5.98. The van der Waals surface area contributed by atoms with Crippen molar-refractivity contribution in [2.75, 3.05) is 18.5 Å². The molecule has 2 aromatic rings. The molecule has 150 valence electrons. The molecule has 0 radical (unpaired) electrons. The van der Waals surface area contributed by atoms with Crippen LogP contribution in [0.15, 0.2) is 47.4 Å². The van der Waals surface area contributed by atoms with Gasteiger partial charge in [-0.25, -0.2) is 0 Å². The highest BCUT2D eigenvalue weighted by Crippen LogP contribution is 2.34. The Morgan fingerprint density at radius 2 is 1.97 bits per heavy atom. The van der Waals surface area contributed by atoms with Gasteiger partial charge in [-0.2, -0.15) is 0 Å². The SMILES string of the molecule is CCOc1cc(/C=C2/SC(=O)N(CC(=O)Nc3ccc(Cl)cc3)C2=O)ccc1O. The number of nitrogens with zero attached hydrogens (tertiary/aromatic N) is 1. The van der Waals surface area contributed by atoms with Crippen LogP contribution in [0.5, 0.6) is 11.5 Å². The smallest absolute Gasteiger partial charge is 0.294 e. The van der Waals surface area contributed by atoms with Gasteiger partial charge < -0.3 is 15.2 Å². The van der Waals surface area contributed by atoms with Gasteiger partial charge in [-0.1, -0.05) is 17.7 Å². The van der Waals surface area contributed by atoms with Gasteiger partial charge in [0, 0.05) is 10.7 Å². The second kappa shape index (κ2) is 9.02. The van der Waals surface area contributed by atoms with E-state index in [-0.39, 0.29) is 16.4 Å². The molecule has 0 unspecified atom stereocenters. The van der Waals surface area contributed by atoms with Crippen LogP contribution in [0.2, 0.25) is 5.02 Å². The lowest BCUT2D eigenvalue weighted by Crippen LogP contribution is -2.36. The Balaban J connectivity index is 1.70. The molecule has 0 bridgehead atoms. The number of phenolic OH excluding ortho intramolecular Hbond substituents is 1. The fourth-order valence-corrected chi connectivity index (χ4v) is 3.52. The minimum absolute atomic E-state index is 0.0176. The molecule has 1 saturated heterocycles. The van der Waals surface area contributed by atoms with Crippen LogP contribution in [0, 0.1) is 0 Å². The van der Waals surface area contributed by atoms with E-state index in [0.29, 0.717) is 22.9 Å². The maximum Gasteiger partial charge on any atom is 0.294 e. The standard InChI is InChI=1S/C20H17ClN2O5S/c1-2-28-16-9-12(3-8-15(16)24)10-17-19(26)23(20(27)29-17)11-18(25)22-14-6-4-13(21)5-7-14/h3-10,24H,2,11H2,1H3,(H,22,25)/b17-10+. The number of anilines is 1. The number of rotatable bonds is 6. The van der Waals surface area contributed by atoms with Gasteiger partial charge in [-0.3, -0.25) is 19.3 Å². The molecule has 9 heteroatoms. The van der Waals surface area contributed by atoms with Crippen molar-refractivity contribution in [3.8, 4) is 11.5 Å². The Kier molecular flexibility index (Phi) is 6.46. The summed E-state index contributed by atoms with van der Waals surface area (Å²) in [5.41, 5.74) is 1.09. The number of hydrogen-bond donors (Lipinski definition) is 2. The van der Waals surface area contributed by atoms with Gasteiger partial charge in [-0.05, 0) is 66.7 Å². The number of hydrogen-bond acceptors (Lipinski definition) is 6. The minimum atomic E-state index is -0.558. The van der Waals surface area contributed by atoms with E-state index >= 15 is 0 Å². The third-order valence-corrected chi connectivity index (χ3v) is 5.04. The molecule has 3 rings (SSSR count). The van der Waals surface area contributed by atoms with E-state index in [2.05, 4.69) is 5.32 Å². The molecule has 7 nitrogen and oxygen atoms in total. The van der Waals surface area contributed by atoms with E-state index in [0.717, 1.165) is 16.7 Å². The minimum Gasteiger partial charge on any atom is -0.504 e. The number of benzene rings is 2. The summed E-state index contributed by atoms with van der Waals surface area (Å²) in [5.74, 6) is -0.796. The summed E-state index contributed by atoms with van der Waals surface area (Å²) in [7, 11) is 0. The van der Waals surface area contributed by atoms with Crippen LogP contribution >= 0.6 is 23.4 Å². The molecule has 0 spiro atoms. The number of amides is 3. The van der Waals surface area contributed by atoms with Crippen LogP contribution in [0.25, 0.3) is 6.08 Å². The van der Waals surface area contributed by atoms with Crippen LogP contribution in [-0.2, 0) is 9.59 Å². The Bertz CT molecular complexity index is 991. The number of carbonyl (C=O) groups is 3. The van der Waals surface area contributed by atoms with Gasteiger partial charge in [0.15, 0.2) is 11.5 Å². The van der Waals surface area contributed by atoms with Gasteiger partial charge in [0.2, 0.25) is 5.91 Å². The summed E-state index contributed by atoms with van der Waals surface area (Å²) in [6.45, 7) is 1.76. The van der Waals surface area contributed by atoms with Gasteiger partial charge >= 0.3 is 0 Å². The van der Waals surface area contributed by atoms with Crippen molar-refractivity contribution < 1.29 is 24.2 Å². The first-order valence-corrected chi connectivity index (χ1v) is 9.83. The van der Waals surface area contributed by atoms with E-state index in [4.69, 9.17) is 16.3 Å². The molecular weight excluding hydrogens is 416 g/mol. The fourth-order valence-electron chi connectivity index (χ4n) is 2.56. The number of nitrogens with one attached hydrogen (secondary N) is 1. The van der Waals surface area contributed by atoms with E-state index in [1.807, 2.05) is 0 Å². The molecule has 2 aromatic carbocycles. The number of aromatic hydroxyl groups is 1. The van der Waals surface area contributed by atoms with Crippen molar-refractivity contribution in [2.45, 2.75) is 6.92 Å². The topological polar surface area (TPSA) is 95.9 Å². The maximum atomic E-state index is 12.6. The largest absolute Gasteiger partial charge is 0.504 e. The van der Waals surface area contributed by atoms with Gasteiger partial charge in [0.1, 0.15) is 6.54 Å². The number of carbonyl (C=O) groups excluding carboxylic acids is 3. The number of phenols is 1. The second-order valence-corrected chi connectivity index (χ2v) is 7.41. The normalized spacial score (nSPS) is 15.1. The van der Waals surface area contributed by atoms with Crippen molar-refractivity contribution in [1.29, 1.82) is 0 Å². The molecule has 1 fully saturated rings. The van der Waals surface area contributed by atoms with Crippen molar-refractivity contribution in [2.24, 2.45) is 0 Å². The number of imide groups is 1. The molecule has 0 aromatic heterocycles. The van der Waals surface area contributed by atoms with Crippen molar-refractivity contribution in [3.05, 3.63) is 58.0 Å². The summed E-state index contributed by atoms with van der Waals surface area (Å²) >= 11 is 6.55. The molecule has 2 N–H and O–H groups in total. The first-order valence-electron chi connectivity index (χ1n) is 8.64. The maximum absolute atomic E-state index is 12.6. The summed E-state index contributed by atoms with van der Waals surface area (Å²) in [6.07, 6.45) is 1.52. The Morgan fingerprint density at radius 3 is 2.66 bits per heavy atom. The van der Waals surface area contributed by atoms with E-state index < -0.39 is 23.6 Å². The average molecular weight is 433 g/mol. The lowest BCUT2D eigenvalue weighted by atomic mass is 10.2. The number of thioether (sulfide) groups is 1. The van der Waals surface area contributed by atoms with E-state index in [1.165, 1.54) is 12.1 Å². The highest BCUT2D eigenvalue weighted by atomic mass is 35.5. The van der Waals surface area contributed by atoms with E-state index in [1.54, 1.807) is 43.3 Å². The van der Waals surface area contributed by atoms with Gasteiger partial charge in [0.25, 0.3) is 11.1 Å². The Labute approximate surface area is 176 Å². The zero-order valence-electron chi connectivity index (χ0n) is 15.3. The molecule has 0 atom stereocenters. The predicted molar refractivity (Wildman–Crippen MR) is 112 cm³/mol. The van der Waals surface area contributed by atoms with Crippen molar-refractivity contribution >= 4 is 52.2 Å². The number of ether oxygens (including phenoxy) is 1. The molecule has 1 aliphatic heterocycles. The predicted octanol–water partition coefficient (Wildman–Crippen LogP) is 4.12. The Hall–Kier alpha value is -2.97. The number of halogens is 1. The quantitative estimate of drug-likeness (QED) is 0.666. The average Bonchev–Trinajstić information content (AvgIpc) is 2.94. The molecule has 0 aliphatic carbocycles. The van der Waals surface area contributed by atoms with E-state index in [9.17, 15) is 19.5 Å². The van der Waals surface area contributed by atoms with Crippen LogP contribution in [0.3, 0.4) is 0 Å². The Morgan fingerprint density at radius 1 is 1.24 bits per heavy atom. The summed E-state index contributed by atoms with van der Waals surface area (Å²) in [4.78, 5) is 38.0. The highest BCUT2D eigenvalue weighted by molar-refractivity contribution is 8.18. The van der Waals surface area contributed by atoms with Crippen LogP contribution in [0.1, 0.15) is 12.5 Å². The first-order chi connectivity index (χ1) is 13.9. The molecule has 29 heavy (non-hydrogen) atoms. The lowest BCUT2D eigenvalue weighted by Gasteiger charge is -2.12. The summed E-state index contributed by atoms with van der Waals surface area (Å²) in [5, 5.41) is 12.4. The third-order valence-electron chi connectivity index (χ3n) is 3.88. The van der Waals surface area contributed by atoms with Crippen molar-refractivity contribution in [1.82, 2.24) is 4.90 Å². The summed E-state index contributed by atoms with van der Waals surface area (Å²) in [6, 6.07) is 11.1. The zero-order chi connectivity index (χ0) is 21.0. The fraction of sp³-hybridized carbons (Fsp3) is 0.150. The van der Waals surface area contributed by atoms with Crippen LogP contribution in [0.4, 0.5) is 10.5 Å². The molecular formula is C20H17ClN2O5S. The van der Waals surface area contributed by atoms with Crippen LogP contribution < -0.4 is 10.1 Å². The lowest BCUT2D eigenvalue weighted by molar-refractivity contribution is -0.127. The van der Waals surface area contributed by atoms with Gasteiger partial charge in [0.05, 0.1) is 11.5 Å². The van der Waals surface area contributed by atoms with Gasteiger partial charge in [-0.15, -0.1) is 0 Å². The third kappa shape index (κ3) is 5.10. The molecule has 0 saturated carbocycles. The highest BCUT2D eigenvalue weighted by Gasteiger charge is 2.36. The molecule has 3 amide bonds. The zero-order valence-corrected chi connectivity index (χ0v) is 16.9. The monoisotopic (exact) mass is 432 g/mol. The summed E-state index contributed by atoms with van der Waals surface area (Å²) < 4.78 is 5.32. The van der Waals surface area contributed by atoms with Crippen molar-refractivity contribution in [3.63, 3.8) is 0 Å². The molecule has 1 aliphatic rings. The molecule has 1 heterocycles.